The van der Waals surface area contributed by atoms with Gasteiger partial charge in [0.15, 0.2) is 11.8 Å². The van der Waals surface area contributed by atoms with Crippen LogP contribution in [-0.2, 0) is 9.53 Å². The highest BCUT2D eigenvalue weighted by Gasteiger charge is 2.17. The Morgan fingerprint density at radius 2 is 2.11 bits per heavy atom. The van der Waals surface area contributed by atoms with E-state index in [1.807, 2.05) is 12.1 Å². The molecule has 0 atom stereocenters. The molecule has 0 fully saturated rings. The molecule has 3 aromatic rings. The second-order valence-corrected chi connectivity index (χ2v) is 6.66. The Labute approximate surface area is 164 Å². The van der Waals surface area contributed by atoms with Gasteiger partial charge in [0.05, 0.1) is 15.1 Å². The number of benzene rings is 2. The van der Waals surface area contributed by atoms with Crippen LogP contribution in [0.3, 0.4) is 0 Å². The second kappa shape index (κ2) is 8.47. The van der Waals surface area contributed by atoms with Crippen LogP contribution in [-0.4, -0.2) is 37.3 Å². The molecule has 0 bridgehead atoms. The first-order valence-corrected chi connectivity index (χ1v) is 8.84. The average molecular weight is 397 g/mol. The van der Waals surface area contributed by atoms with Crippen molar-refractivity contribution >= 4 is 39.3 Å². The van der Waals surface area contributed by atoms with Gasteiger partial charge in [0, 0.05) is 25.8 Å². The molecular formula is C19H15N3O5S. The van der Waals surface area contributed by atoms with Gasteiger partial charge >= 0.3 is 0 Å². The smallest absolute Gasteiger partial charge is 0.294 e. The Hall–Kier alpha value is -3.48. The van der Waals surface area contributed by atoms with E-state index in [9.17, 15) is 14.9 Å². The van der Waals surface area contributed by atoms with Crippen LogP contribution in [0.1, 0.15) is 10.6 Å². The van der Waals surface area contributed by atoms with E-state index in [2.05, 4.69) is 16.8 Å². The number of nitrogens with zero attached hydrogens (tertiary/aromatic N) is 3. The Morgan fingerprint density at radius 3 is 2.82 bits per heavy atom. The van der Waals surface area contributed by atoms with Crippen molar-refractivity contribution < 1.29 is 19.2 Å². The van der Waals surface area contributed by atoms with Gasteiger partial charge in [0.1, 0.15) is 11.4 Å². The summed E-state index contributed by atoms with van der Waals surface area (Å²) in [4.78, 5) is 27.2. The Kier molecular flexibility index (Phi) is 5.84. The van der Waals surface area contributed by atoms with E-state index in [1.54, 1.807) is 19.2 Å². The van der Waals surface area contributed by atoms with Crippen LogP contribution in [0.5, 0.6) is 5.75 Å². The van der Waals surface area contributed by atoms with E-state index in [-0.39, 0.29) is 18.2 Å². The first kappa shape index (κ1) is 19.3. The number of amides is 1. The van der Waals surface area contributed by atoms with E-state index in [4.69, 9.17) is 9.47 Å². The molecule has 0 aliphatic heterocycles. The molecule has 0 unspecified atom stereocenters. The number of rotatable bonds is 6. The number of anilines is 1. The molecule has 2 aromatic carbocycles. The molecule has 142 valence electrons. The first-order valence-electron chi connectivity index (χ1n) is 8.02. The summed E-state index contributed by atoms with van der Waals surface area (Å²) in [5.74, 6) is 6.48. The Morgan fingerprint density at radius 1 is 1.29 bits per heavy atom. The number of ether oxygens (including phenoxy) is 2. The number of carbonyl (C=O) groups excluding carboxylic acids is 1. The highest BCUT2D eigenvalue weighted by molar-refractivity contribution is 7.19. The van der Waals surface area contributed by atoms with E-state index in [0.29, 0.717) is 22.7 Å². The van der Waals surface area contributed by atoms with Crippen LogP contribution < -0.4 is 9.64 Å². The van der Waals surface area contributed by atoms with Crippen molar-refractivity contribution in [3.63, 3.8) is 0 Å². The summed E-state index contributed by atoms with van der Waals surface area (Å²) in [5.41, 5.74) is 1.26. The molecule has 1 amide bonds. The minimum absolute atomic E-state index is 0.158. The van der Waals surface area contributed by atoms with Crippen molar-refractivity contribution in [1.82, 2.24) is 4.98 Å². The number of hydrogen-bond acceptors (Lipinski definition) is 7. The predicted molar refractivity (Wildman–Crippen MR) is 106 cm³/mol. The highest BCUT2D eigenvalue weighted by atomic mass is 32.1. The molecule has 0 spiro atoms. The number of methoxy groups -OCH3 is 1. The third-order valence-electron chi connectivity index (χ3n) is 3.73. The molecule has 8 nitrogen and oxygen atoms in total. The molecule has 28 heavy (non-hydrogen) atoms. The zero-order chi connectivity index (χ0) is 20.1. The summed E-state index contributed by atoms with van der Waals surface area (Å²) >= 11 is 1.39. The third-order valence-corrected chi connectivity index (χ3v) is 4.66. The number of hydrogen-bond donors (Lipinski definition) is 0. The summed E-state index contributed by atoms with van der Waals surface area (Å²) in [6.45, 7) is 0.158. The summed E-state index contributed by atoms with van der Waals surface area (Å²) < 4.78 is 11.2. The minimum atomic E-state index is -0.542. The maximum absolute atomic E-state index is 11.3. The monoisotopic (exact) mass is 397 g/mol. The lowest BCUT2D eigenvalue weighted by molar-refractivity contribution is -0.384. The fourth-order valence-electron chi connectivity index (χ4n) is 2.40. The lowest BCUT2D eigenvalue weighted by Crippen LogP contribution is -2.15. The zero-order valence-corrected chi connectivity index (χ0v) is 15.9. The number of nitro groups is 1. The maximum atomic E-state index is 11.3. The second-order valence-electron chi connectivity index (χ2n) is 5.63. The molecule has 0 saturated heterocycles. The molecule has 9 heteroatoms. The summed E-state index contributed by atoms with van der Waals surface area (Å²) in [7, 11) is 3.00. The molecule has 3 rings (SSSR count). The molecule has 1 aromatic heterocycles. The standard InChI is InChI=1S/C19H15N3O5S/c1-21(11-23)16-7-3-13(9-17(16)22(24)25)4-8-19-20-15-6-5-14(27-12-26-2)10-18(15)28-19/h3,5-7,9-11H,12H2,1-2H3. The van der Waals surface area contributed by atoms with Crippen molar-refractivity contribution in [1.29, 1.82) is 0 Å². The number of nitro benzene ring substituents is 1. The van der Waals surface area contributed by atoms with Gasteiger partial charge in [-0.1, -0.05) is 5.92 Å². The minimum Gasteiger partial charge on any atom is -0.468 e. The van der Waals surface area contributed by atoms with Gasteiger partial charge in [0.25, 0.3) is 5.69 Å². The molecule has 0 saturated carbocycles. The summed E-state index contributed by atoms with van der Waals surface area (Å²) in [6, 6.07) is 9.94. The predicted octanol–water partition coefficient (Wildman–Crippen LogP) is 3.18. The Bertz CT molecular complexity index is 1100. The zero-order valence-electron chi connectivity index (χ0n) is 15.0. The molecule has 1 heterocycles. The van der Waals surface area contributed by atoms with Crippen LogP contribution >= 0.6 is 11.3 Å². The number of carbonyl (C=O) groups is 1. The quantitative estimate of drug-likeness (QED) is 0.208. The molecular weight excluding hydrogens is 382 g/mol. The van der Waals surface area contributed by atoms with Crippen LogP contribution in [0.4, 0.5) is 11.4 Å². The van der Waals surface area contributed by atoms with Gasteiger partial charge in [-0.05, 0) is 36.3 Å². The van der Waals surface area contributed by atoms with E-state index in [0.717, 1.165) is 15.1 Å². The molecule has 0 N–H and O–H groups in total. The highest BCUT2D eigenvalue weighted by Crippen LogP contribution is 2.28. The SMILES string of the molecule is COCOc1ccc2nc(C#Cc3ccc(N(C)C=O)c([N+](=O)[O-])c3)sc2c1. The van der Waals surface area contributed by atoms with Crippen molar-refractivity contribution in [3.8, 4) is 17.6 Å². The van der Waals surface area contributed by atoms with Gasteiger partial charge in [0.2, 0.25) is 6.41 Å². The number of fused-ring (bicyclic) bond motifs is 1. The van der Waals surface area contributed by atoms with Gasteiger partial charge in [-0.25, -0.2) is 4.98 Å². The van der Waals surface area contributed by atoms with Gasteiger partial charge in [-0.15, -0.1) is 11.3 Å². The number of thiazole rings is 1. The molecule has 0 aliphatic carbocycles. The maximum Gasteiger partial charge on any atom is 0.294 e. The van der Waals surface area contributed by atoms with E-state index < -0.39 is 4.92 Å². The molecule has 0 aliphatic rings. The van der Waals surface area contributed by atoms with Gasteiger partial charge < -0.3 is 14.4 Å². The fraction of sp³-hybridized carbons (Fsp3) is 0.158. The van der Waals surface area contributed by atoms with Crippen molar-refractivity contribution in [3.05, 3.63) is 57.1 Å². The Balaban J connectivity index is 1.89. The summed E-state index contributed by atoms with van der Waals surface area (Å²) in [5, 5.41) is 11.9. The largest absolute Gasteiger partial charge is 0.468 e. The fourth-order valence-corrected chi connectivity index (χ4v) is 3.25. The topological polar surface area (TPSA) is 94.8 Å². The van der Waals surface area contributed by atoms with Crippen LogP contribution in [0.15, 0.2) is 36.4 Å². The lowest BCUT2D eigenvalue weighted by atomic mass is 10.1. The van der Waals surface area contributed by atoms with E-state index >= 15 is 0 Å². The van der Waals surface area contributed by atoms with E-state index in [1.165, 1.54) is 30.5 Å². The van der Waals surface area contributed by atoms with Crippen LogP contribution in [0, 0.1) is 22.0 Å². The average Bonchev–Trinajstić information content (AvgIpc) is 3.12. The van der Waals surface area contributed by atoms with Crippen molar-refractivity contribution in [2.75, 3.05) is 25.9 Å². The van der Waals surface area contributed by atoms with Crippen LogP contribution in [0.2, 0.25) is 0 Å². The normalized spacial score (nSPS) is 10.2. The third kappa shape index (κ3) is 4.25. The summed E-state index contributed by atoms with van der Waals surface area (Å²) in [6.07, 6.45) is 0.513. The van der Waals surface area contributed by atoms with Crippen LogP contribution in [0.25, 0.3) is 10.2 Å². The van der Waals surface area contributed by atoms with Crippen molar-refractivity contribution in [2.24, 2.45) is 0 Å². The number of aromatic nitrogens is 1. The van der Waals surface area contributed by atoms with Gasteiger partial charge in [-0.2, -0.15) is 0 Å². The first-order chi connectivity index (χ1) is 13.5. The lowest BCUT2D eigenvalue weighted by Gasteiger charge is -2.10. The van der Waals surface area contributed by atoms with Gasteiger partial charge in [-0.3, -0.25) is 14.9 Å². The van der Waals surface area contributed by atoms with Crippen molar-refractivity contribution in [2.45, 2.75) is 0 Å². The molecule has 0 radical (unpaired) electrons.